The van der Waals surface area contributed by atoms with Crippen molar-refractivity contribution in [1.29, 1.82) is 0 Å². The SMILES string of the molecule is Cc1nc(C(=O)N(CCN)C2CC2)c(-c2ccccc2)s1. The van der Waals surface area contributed by atoms with Crippen LogP contribution in [0.5, 0.6) is 0 Å². The summed E-state index contributed by atoms with van der Waals surface area (Å²) in [5, 5.41) is 0.917. The molecule has 0 bridgehead atoms. The molecule has 21 heavy (non-hydrogen) atoms. The van der Waals surface area contributed by atoms with Gasteiger partial charge < -0.3 is 10.6 Å². The molecule has 0 saturated heterocycles. The van der Waals surface area contributed by atoms with E-state index in [0.29, 0.717) is 24.8 Å². The number of thiazole rings is 1. The summed E-state index contributed by atoms with van der Waals surface area (Å²) in [6.07, 6.45) is 2.16. The number of aryl methyl sites for hydroxylation is 1. The Labute approximate surface area is 128 Å². The summed E-state index contributed by atoms with van der Waals surface area (Å²) in [7, 11) is 0. The quantitative estimate of drug-likeness (QED) is 0.923. The van der Waals surface area contributed by atoms with E-state index in [1.54, 1.807) is 11.3 Å². The van der Waals surface area contributed by atoms with Crippen molar-refractivity contribution in [3.63, 3.8) is 0 Å². The van der Waals surface area contributed by atoms with Gasteiger partial charge in [0, 0.05) is 19.1 Å². The molecule has 1 aliphatic carbocycles. The standard InChI is InChI=1S/C16H19N3OS/c1-11-18-14(15(21-11)12-5-3-2-4-6-12)16(20)19(10-9-17)13-7-8-13/h2-6,13H,7-10,17H2,1H3. The van der Waals surface area contributed by atoms with Crippen molar-refractivity contribution in [2.24, 2.45) is 5.73 Å². The first-order valence-electron chi connectivity index (χ1n) is 7.24. The molecule has 1 aromatic heterocycles. The molecule has 0 radical (unpaired) electrons. The molecule has 110 valence electrons. The van der Waals surface area contributed by atoms with Crippen LogP contribution in [-0.2, 0) is 0 Å². The summed E-state index contributed by atoms with van der Waals surface area (Å²) in [5.41, 5.74) is 7.28. The Bertz CT molecular complexity index is 634. The fraction of sp³-hybridized carbons (Fsp3) is 0.375. The second kappa shape index (κ2) is 5.95. The maximum Gasteiger partial charge on any atom is 0.274 e. The van der Waals surface area contributed by atoms with Gasteiger partial charge in [0.2, 0.25) is 0 Å². The number of nitrogens with two attached hydrogens (primary N) is 1. The van der Waals surface area contributed by atoms with E-state index in [4.69, 9.17) is 5.73 Å². The molecule has 1 saturated carbocycles. The molecule has 0 atom stereocenters. The molecule has 0 unspecified atom stereocenters. The van der Waals surface area contributed by atoms with Gasteiger partial charge in [0.1, 0.15) is 5.69 Å². The Morgan fingerprint density at radius 3 is 2.71 bits per heavy atom. The van der Waals surface area contributed by atoms with Crippen LogP contribution in [-0.4, -0.2) is 34.9 Å². The van der Waals surface area contributed by atoms with Gasteiger partial charge in [-0.05, 0) is 25.3 Å². The fourth-order valence-corrected chi connectivity index (χ4v) is 3.38. The van der Waals surface area contributed by atoms with Crippen LogP contribution in [0.4, 0.5) is 0 Å². The zero-order valence-electron chi connectivity index (χ0n) is 12.1. The van der Waals surface area contributed by atoms with Crippen LogP contribution in [0.15, 0.2) is 30.3 Å². The highest BCUT2D eigenvalue weighted by Gasteiger charge is 2.34. The minimum atomic E-state index is 0.0196. The zero-order chi connectivity index (χ0) is 14.8. The highest BCUT2D eigenvalue weighted by Crippen LogP contribution is 2.33. The summed E-state index contributed by atoms with van der Waals surface area (Å²) < 4.78 is 0. The first-order valence-corrected chi connectivity index (χ1v) is 8.06. The van der Waals surface area contributed by atoms with Gasteiger partial charge in [0.15, 0.2) is 0 Å². The predicted molar refractivity (Wildman–Crippen MR) is 85.4 cm³/mol. The molecule has 0 aliphatic heterocycles. The summed E-state index contributed by atoms with van der Waals surface area (Å²) in [4.78, 5) is 20.2. The summed E-state index contributed by atoms with van der Waals surface area (Å²) in [6.45, 7) is 3.04. The topological polar surface area (TPSA) is 59.2 Å². The third-order valence-electron chi connectivity index (χ3n) is 3.59. The van der Waals surface area contributed by atoms with E-state index >= 15 is 0 Å². The second-order valence-electron chi connectivity index (χ2n) is 5.30. The molecule has 4 nitrogen and oxygen atoms in total. The lowest BCUT2D eigenvalue weighted by Gasteiger charge is -2.21. The van der Waals surface area contributed by atoms with E-state index < -0.39 is 0 Å². The molecule has 1 heterocycles. The van der Waals surface area contributed by atoms with E-state index in [9.17, 15) is 4.79 Å². The molecule has 1 amide bonds. The number of hydrogen-bond donors (Lipinski definition) is 1. The molecule has 1 aromatic carbocycles. The van der Waals surface area contributed by atoms with E-state index in [0.717, 1.165) is 28.3 Å². The van der Waals surface area contributed by atoms with Gasteiger partial charge in [0.05, 0.1) is 9.88 Å². The highest BCUT2D eigenvalue weighted by molar-refractivity contribution is 7.15. The van der Waals surface area contributed by atoms with Crippen molar-refractivity contribution in [2.45, 2.75) is 25.8 Å². The van der Waals surface area contributed by atoms with Crippen molar-refractivity contribution in [2.75, 3.05) is 13.1 Å². The molecule has 1 aliphatic rings. The number of carbonyl (C=O) groups is 1. The van der Waals surface area contributed by atoms with Crippen molar-refractivity contribution in [3.05, 3.63) is 41.0 Å². The number of hydrogen-bond acceptors (Lipinski definition) is 4. The molecule has 0 spiro atoms. The third-order valence-corrected chi connectivity index (χ3v) is 4.61. The van der Waals surface area contributed by atoms with E-state index in [2.05, 4.69) is 4.98 Å². The number of rotatable bonds is 5. The average Bonchev–Trinajstić information content (AvgIpc) is 3.26. The molecule has 5 heteroatoms. The molecule has 3 rings (SSSR count). The van der Waals surface area contributed by atoms with E-state index in [1.165, 1.54) is 0 Å². The summed E-state index contributed by atoms with van der Waals surface area (Å²) >= 11 is 1.57. The molecule has 2 aromatic rings. The Kier molecular flexibility index (Phi) is 4.03. The minimum absolute atomic E-state index is 0.0196. The van der Waals surface area contributed by atoms with Gasteiger partial charge in [-0.1, -0.05) is 30.3 Å². The van der Waals surface area contributed by atoms with Crippen LogP contribution in [0.3, 0.4) is 0 Å². The lowest BCUT2D eigenvalue weighted by molar-refractivity contribution is 0.0743. The molecular formula is C16H19N3OS. The van der Waals surface area contributed by atoms with Gasteiger partial charge in [0.25, 0.3) is 5.91 Å². The molecule has 2 N–H and O–H groups in total. The molecule has 1 fully saturated rings. The second-order valence-corrected chi connectivity index (χ2v) is 6.50. The van der Waals surface area contributed by atoms with E-state index in [-0.39, 0.29) is 5.91 Å². The normalized spacial score (nSPS) is 14.2. The Balaban J connectivity index is 1.96. The Hall–Kier alpha value is -1.72. The van der Waals surface area contributed by atoms with Gasteiger partial charge in [-0.2, -0.15) is 0 Å². The third kappa shape index (κ3) is 2.99. The first kappa shape index (κ1) is 14.2. The van der Waals surface area contributed by atoms with Crippen LogP contribution >= 0.6 is 11.3 Å². The smallest absolute Gasteiger partial charge is 0.274 e. The van der Waals surface area contributed by atoms with Crippen molar-refractivity contribution in [1.82, 2.24) is 9.88 Å². The number of benzene rings is 1. The maximum absolute atomic E-state index is 12.8. The summed E-state index contributed by atoms with van der Waals surface area (Å²) in [6, 6.07) is 10.3. The van der Waals surface area contributed by atoms with Crippen LogP contribution in [0.1, 0.15) is 28.3 Å². The highest BCUT2D eigenvalue weighted by atomic mass is 32.1. The van der Waals surface area contributed by atoms with Crippen molar-refractivity contribution < 1.29 is 4.79 Å². The maximum atomic E-state index is 12.8. The van der Waals surface area contributed by atoms with E-state index in [1.807, 2.05) is 42.2 Å². The van der Waals surface area contributed by atoms with Crippen LogP contribution in [0.2, 0.25) is 0 Å². The van der Waals surface area contributed by atoms with Crippen LogP contribution in [0, 0.1) is 6.92 Å². The molecular weight excluding hydrogens is 282 g/mol. The first-order chi connectivity index (χ1) is 10.2. The lowest BCUT2D eigenvalue weighted by atomic mass is 10.1. The monoisotopic (exact) mass is 301 g/mol. The predicted octanol–water partition coefficient (Wildman–Crippen LogP) is 2.68. The number of aromatic nitrogens is 1. The van der Waals surface area contributed by atoms with Crippen molar-refractivity contribution >= 4 is 17.2 Å². The average molecular weight is 301 g/mol. The lowest BCUT2D eigenvalue weighted by Crippen LogP contribution is -2.37. The Morgan fingerprint density at radius 2 is 2.10 bits per heavy atom. The Morgan fingerprint density at radius 1 is 1.38 bits per heavy atom. The van der Waals surface area contributed by atoms with Gasteiger partial charge >= 0.3 is 0 Å². The fourth-order valence-electron chi connectivity index (χ4n) is 2.47. The number of amides is 1. The number of carbonyl (C=O) groups excluding carboxylic acids is 1. The largest absolute Gasteiger partial charge is 0.333 e. The zero-order valence-corrected chi connectivity index (χ0v) is 12.9. The van der Waals surface area contributed by atoms with Gasteiger partial charge in [-0.15, -0.1) is 11.3 Å². The number of nitrogens with zero attached hydrogens (tertiary/aromatic N) is 2. The van der Waals surface area contributed by atoms with Crippen LogP contribution < -0.4 is 5.73 Å². The van der Waals surface area contributed by atoms with Crippen molar-refractivity contribution in [3.8, 4) is 10.4 Å². The minimum Gasteiger partial charge on any atom is -0.333 e. The summed E-state index contributed by atoms with van der Waals surface area (Å²) in [5.74, 6) is 0.0196. The van der Waals surface area contributed by atoms with Crippen LogP contribution in [0.25, 0.3) is 10.4 Å². The van der Waals surface area contributed by atoms with Gasteiger partial charge in [-0.25, -0.2) is 4.98 Å². The van der Waals surface area contributed by atoms with Gasteiger partial charge in [-0.3, -0.25) is 4.79 Å².